The zero-order valence-electron chi connectivity index (χ0n) is 13.6. The van der Waals surface area contributed by atoms with Crippen LogP contribution in [0.15, 0.2) is 72.8 Å². The number of aldehydes is 1. The Morgan fingerprint density at radius 3 is 2.19 bits per heavy atom. The van der Waals surface area contributed by atoms with Gasteiger partial charge >= 0.3 is 0 Å². The van der Waals surface area contributed by atoms with E-state index in [0.29, 0.717) is 22.9 Å². The number of fused-ring (bicyclic) bond motifs is 1. The van der Waals surface area contributed by atoms with E-state index in [9.17, 15) is 9.18 Å². The summed E-state index contributed by atoms with van der Waals surface area (Å²) in [6, 6.07) is 20.5. The summed E-state index contributed by atoms with van der Waals surface area (Å²) >= 11 is 0. The standard InChI is InChI=1S/C21H13FN2O2/c22-16-9-7-15(8-10-16)20-18-3-1-2-4-19(18)21(24-23-20)26-17-11-5-14(13-25)6-12-17/h1-13H. The molecule has 0 atom stereocenters. The molecular formula is C21H13FN2O2. The lowest BCUT2D eigenvalue weighted by atomic mass is 10.1. The lowest BCUT2D eigenvalue weighted by molar-refractivity contribution is 0.112. The molecule has 0 N–H and O–H groups in total. The zero-order valence-corrected chi connectivity index (χ0v) is 13.6. The van der Waals surface area contributed by atoms with Gasteiger partial charge in [-0.05, 0) is 54.6 Å². The highest BCUT2D eigenvalue weighted by Gasteiger charge is 2.12. The molecule has 1 aromatic heterocycles. The number of hydrogen-bond acceptors (Lipinski definition) is 4. The molecule has 0 fully saturated rings. The summed E-state index contributed by atoms with van der Waals surface area (Å²) in [5.74, 6) is 0.625. The minimum Gasteiger partial charge on any atom is -0.437 e. The third-order valence-electron chi connectivity index (χ3n) is 4.00. The second-order valence-corrected chi connectivity index (χ2v) is 5.70. The summed E-state index contributed by atoms with van der Waals surface area (Å²) < 4.78 is 19.1. The Morgan fingerprint density at radius 2 is 1.50 bits per heavy atom. The van der Waals surface area contributed by atoms with Gasteiger partial charge in [0.15, 0.2) is 0 Å². The van der Waals surface area contributed by atoms with Gasteiger partial charge in [-0.3, -0.25) is 4.79 Å². The molecule has 126 valence electrons. The van der Waals surface area contributed by atoms with Gasteiger partial charge in [-0.25, -0.2) is 4.39 Å². The number of nitrogens with zero attached hydrogens (tertiary/aromatic N) is 2. The van der Waals surface area contributed by atoms with E-state index < -0.39 is 0 Å². The average Bonchev–Trinajstić information content (AvgIpc) is 2.70. The summed E-state index contributed by atoms with van der Waals surface area (Å²) in [7, 11) is 0. The van der Waals surface area contributed by atoms with Crippen LogP contribution in [0.25, 0.3) is 22.0 Å². The van der Waals surface area contributed by atoms with Crippen molar-refractivity contribution in [3.8, 4) is 22.9 Å². The van der Waals surface area contributed by atoms with E-state index in [4.69, 9.17) is 4.74 Å². The van der Waals surface area contributed by atoms with Gasteiger partial charge in [-0.2, -0.15) is 0 Å². The minimum absolute atomic E-state index is 0.301. The first-order chi connectivity index (χ1) is 12.7. The molecule has 0 aliphatic carbocycles. The Balaban J connectivity index is 1.78. The van der Waals surface area contributed by atoms with Gasteiger partial charge in [0.25, 0.3) is 0 Å². The molecule has 0 aliphatic rings. The number of benzene rings is 3. The van der Waals surface area contributed by atoms with Crippen LogP contribution < -0.4 is 4.74 Å². The predicted molar refractivity (Wildman–Crippen MR) is 96.8 cm³/mol. The molecule has 1 heterocycles. The topological polar surface area (TPSA) is 52.1 Å². The molecule has 3 aromatic carbocycles. The third-order valence-corrected chi connectivity index (χ3v) is 4.00. The van der Waals surface area contributed by atoms with Crippen LogP contribution in [0, 0.1) is 5.82 Å². The lowest BCUT2D eigenvalue weighted by Gasteiger charge is -2.10. The number of hydrogen-bond donors (Lipinski definition) is 0. The molecule has 0 bridgehead atoms. The summed E-state index contributed by atoms with van der Waals surface area (Å²) in [5.41, 5.74) is 2.00. The van der Waals surface area contributed by atoms with Crippen LogP contribution in [0.5, 0.6) is 11.6 Å². The fourth-order valence-electron chi connectivity index (χ4n) is 2.70. The van der Waals surface area contributed by atoms with Crippen molar-refractivity contribution in [1.82, 2.24) is 10.2 Å². The Bertz CT molecular complexity index is 1080. The Kier molecular flexibility index (Phi) is 4.11. The second kappa shape index (κ2) is 6.72. The maximum Gasteiger partial charge on any atom is 0.246 e. The van der Waals surface area contributed by atoms with Crippen molar-refractivity contribution in [1.29, 1.82) is 0 Å². The van der Waals surface area contributed by atoms with Gasteiger partial charge < -0.3 is 4.74 Å². The van der Waals surface area contributed by atoms with Crippen LogP contribution in [0.2, 0.25) is 0 Å². The Labute approximate surface area is 148 Å². The molecule has 26 heavy (non-hydrogen) atoms. The third kappa shape index (κ3) is 3.02. The van der Waals surface area contributed by atoms with Crippen molar-refractivity contribution >= 4 is 17.1 Å². The van der Waals surface area contributed by atoms with Gasteiger partial charge in [0.05, 0.1) is 0 Å². The van der Waals surface area contributed by atoms with Crippen LogP contribution in [-0.4, -0.2) is 16.5 Å². The smallest absolute Gasteiger partial charge is 0.246 e. The SMILES string of the molecule is O=Cc1ccc(Oc2nnc(-c3ccc(F)cc3)c3ccccc23)cc1. The molecule has 0 radical (unpaired) electrons. The van der Waals surface area contributed by atoms with Crippen LogP contribution in [0.3, 0.4) is 0 Å². The molecule has 0 aliphatic heterocycles. The van der Waals surface area contributed by atoms with Crippen LogP contribution in [0.4, 0.5) is 4.39 Å². The summed E-state index contributed by atoms with van der Waals surface area (Å²) in [6.45, 7) is 0. The minimum atomic E-state index is -0.301. The fraction of sp³-hybridized carbons (Fsp3) is 0. The number of ether oxygens (including phenoxy) is 1. The largest absolute Gasteiger partial charge is 0.437 e. The quantitative estimate of drug-likeness (QED) is 0.487. The van der Waals surface area contributed by atoms with Gasteiger partial charge in [0, 0.05) is 21.9 Å². The summed E-state index contributed by atoms with van der Waals surface area (Å²) in [4.78, 5) is 10.8. The molecule has 0 unspecified atom stereocenters. The highest BCUT2D eigenvalue weighted by atomic mass is 19.1. The highest BCUT2D eigenvalue weighted by Crippen LogP contribution is 2.32. The first-order valence-electron chi connectivity index (χ1n) is 7.99. The second-order valence-electron chi connectivity index (χ2n) is 5.70. The normalized spacial score (nSPS) is 10.7. The first-order valence-corrected chi connectivity index (χ1v) is 7.99. The Hall–Kier alpha value is -3.60. The van der Waals surface area contributed by atoms with Crippen molar-refractivity contribution < 1.29 is 13.9 Å². The molecule has 0 saturated heterocycles. The number of rotatable bonds is 4. The van der Waals surface area contributed by atoms with Crippen LogP contribution in [0.1, 0.15) is 10.4 Å². The molecule has 4 rings (SSSR count). The van der Waals surface area contributed by atoms with Gasteiger partial charge in [0.2, 0.25) is 5.88 Å². The molecule has 4 nitrogen and oxygen atoms in total. The maximum absolute atomic E-state index is 13.2. The zero-order chi connectivity index (χ0) is 17.9. The van der Waals surface area contributed by atoms with Crippen molar-refractivity contribution in [2.24, 2.45) is 0 Å². The predicted octanol–water partition coefficient (Wildman–Crippen LogP) is 5.04. The van der Waals surface area contributed by atoms with Crippen molar-refractivity contribution in [2.45, 2.75) is 0 Å². The first kappa shape index (κ1) is 15.9. The lowest BCUT2D eigenvalue weighted by Crippen LogP contribution is -1.96. The van der Waals surface area contributed by atoms with E-state index in [1.54, 1.807) is 36.4 Å². The van der Waals surface area contributed by atoms with E-state index in [1.807, 2.05) is 24.3 Å². The van der Waals surface area contributed by atoms with E-state index >= 15 is 0 Å². The van der Waals surface area contributed by atoms with E-state index in [2.05, 4.69) is 10.2 Å². The molecule has 0 amide bonds. The summed E-state index contributed by atoms with van der Waals surface area (Å²) in [6.07, 6.45) is 0.774. The van der Waals surface area contributed by atoms with E-state index in [1.165, 1.54) is 12.1 Å². The fourth-order valence-corrected chi connectivity index (χ4v) is 2.70. The number of aromatic nitrogens is 2. The van der Waals surface area contributed by atoms with Gasteiger partial charge in [0.1, 0.15) is 23.5 Å². The molecular weight excluding hydrogens is 331 g/mol. The Morgan fingerprint density at radius 1 is 0.808 bits per heavy atom. The number of carbonyl (C=O) groups is 1. The summed E-state index contributed by atoms with van der Waals surface area (Å²) in [5, 5.41) is 10.1. The monoisotopic (exact) mass is 344 g/mol. The average molecular weight is 344 g/mol. The van der Waals surface area contributed by atoms with Crippen LogP contribution in [-0.2, 0) is 0 Å². The molecule has 0 saturated carbocycles. The molecule has 0 spiro atoms. The van der Waals surface area contributed by atoms with Gasteiger partial charge in [-0.1, -0.05) is 18.2 Å². The number of halogens is 1. The van der Waals surface area contributed by atoms with Gasteiger partial charge in [-0.15, -0.1) is 10.2 Å². The van der Waals surface area contributed by atoms with E-state index in [-0.39, 0.29) is 5.82 Å². The van der Waals surface area contributed by atoms with Crippen molar-refractivity contribution in [3.05, 3.63) is 84.2 Å². The van der Waals surface area contributed by atoms with E-state index in [0.717, 1.165) is 22.6 Å². The van der Waals surface area contributed by atoms with Crippen molar-refractivity contribution in [3.63, 3.8) is 0 Å². The number of carbonyl (C=O) groups excluding carboxylic acids is 1. The van der Waals surface area contributed by atoms with Crippen LogP contribution >= 0.6 is 0 Å². The molecule has 5 heteroatoms. The molecule has 4 aromatic rings. The van der Waals surface area contributed by atoms with Crippen molar-refractivity contribution in [2.75, 3.05) is 0 Å². The highest BCUT2D eigenvalue weighted by molar-refractivity contribution is 5.97. The maximum atomic E-state index is 13.2.